The Morgan fingerprint density at radius 3 is 3.00 bits per heavy atom. The van der Waals surface area contributed by atoms with E-state index in [-0.39, 0.29) is 5.69 Å². The summed E-state index contributed by atoms with van der Waals surface area (Å²) >= 11 is 0. The molecule has 0 radical (unpaired) electrons. The second kappa shape index (κ2) is 3.31. The summed E-state index contributed by atoms with van der Waals surface area (Å²) in [5.74, 6) is 0. The van der Waals surface area contributed by atoms with Crippen molar-refractivity contribution in [2.45, 2.75) is 19.6 Å². The van der Waals surface area contributed by atoms with Crippen molar-refractivity contribution in [2.24, 2.45) is 0 Å². The molecule has 66 valence electrons. The van der Waals surface area contributed by atoms with Crippen molar-refractivity contribution in [3.8, 4) is 0 Å². The van der Waals surface area contributed by atoms with Gasteiger partial charge in [-0.05, 0) is 6.42 Å². The van der Waals surface area contributed by atoms with E-state index in [0.717, 1.165) is 10.9 Å². The van der Waals surface area contributed by atoms with Gasteiger partial charge in [0.1, 0.15) is 18.6 Å². The van der Waals surface area contributed by atoms with Crippen LogP contribution in [-0.2, 0) is 0 Å². The summed E-state index contributed by atoms with van der Waals surface area (Å²) < 4.78 is 1.16. The molecule has 1 aromatic heterocycles. The molecule has 0 spiro atoms. The van der Waals surface area contributed by atoms with Crippen LogP contribution < -0.4 is 0 Å². The Hall–Kier alpha value is -1.43. The first-order valence-corrected chi connectivity index (χ1v) is 3.51. The summed E-state index contributed by atoms with van der Waals surface area (Å²) in [6.45, 7) is 1.76. The SMILES string of the molecule is CCC(O)n1cc([N+](=O)[O-])cn1. The minimum atomic E-state index is -0.779. The number of aliphatic hydroxyl groups is 1. The Labute approximate surface area is 68.6 Å². The highest BCUT2D eigenvalue weighted by Crippen LogP contribution is 2.12. The number of aliphatic hydroxyl groups excluding tert-OH is 1. The Bertz CT molecular complexity index is 283. The highest BCUT2D eigenvalue weighted by Gasteiger charge is 2.11. The fraction of sp³-hybridized carbons (Fsp3) is 0.500. The summed E-state index contributed by atoms with van der Waals surface area (Å²) in [6, 6.07) is 0. The first kappa shape index (κ1) is 8.66. The van der Waals surface area contributed by atoms with Gasteiger partial charge >= 0.3 is 5.69 Å². The number of hydrogen-bond donors (Lipinski definition) is 1. The maximum absolute atomic E-state index is 10.2. The molecule has 0 aliphatic rings. The van der Waals surface area contributed by atoms with Crippen LogP contribution in [0.2, 0.25) is 0 Å². The number of rotatable bonds is 3. The highest BCUT2D eigenvalue weighted by molar-refractivity contribution is 5.20. The molecular formula is C6H9N3O3. The quantitative estimate of drug-likeness (QED) is 0.535. The van der Waals surface area contributed by atoms with Crippen molar-refractivity contribution >= 4 is 5.69 Å². The molecule has 6 heteroatoms. The van der Waals surface area contributed by atoms with Crippen LogP contribution in [0.3, 0.4) is 0 Å². The van der Waals surface area contributed by atoms with E-state index in [0.29, 0.717) is 6.42 Å². The normalized spacial score (nSPS) is 12.8. The fourth-order valence-electron chi connectivity index (χ4n) is 0.772. The van der Waals surface area contributed by atoms with E-state index < -0.39 is 11.2 Å². The first-order chi connectivity index (χ1) is 5.65. The van der Waals surface area contributed by atoms with Crippen LogP contribution in [0.1, 0.15) is 19.6 Å². The van der Waals surface area contributed by atoms with Crippen LogP contribution in [0, 0.1) is 10.1 Å². The van der Waals surface area contributed by atoms with Crippen molar-refractivity contribution in [3.05, 3.63) is 22.5 Å². The Morgan fingerprint density at radius 2 is 2.58 bits per heavy atom. The van der Waals surface area contributed by atoms with Gasteiger partial charge in [-0.15, -0.1) is 0 Å². The highest BCUT2D eigenvalue weighted by atomic mass is 16.6. The second-order valence-electron chi connectivity index (χ2n) is 2.32. The van der Waals surface area contributed by atoms with Crippen LogP contribution in [0.4, 0.5) is 5.69 Å². The van der Waals surface area contributed by atoms with Crippen LogP contribution in [0.25, 0.3) is 0 Å². The van der Waals surface area contributed by atoms with Gasteiger partial charge in [-0.1, -0.05) is 6.92 Å². The molecule has 6 nitrogen and oxygen atoms in total. The third kappa shape index (κ3) is 1.59. The van der Waals surface area contributed by atoms with Gasteiger partial charge in [-0.3, -0.25) is 10.1 Å². The fourth-order valence-corrected chi connectivity index (χ4v) is 0.772. The van der Waals surface area contributed by atoms with Crippen molar-refractivity contribution in [1.82, 2.24) is 9.78 Å². The smallest absolute Gasteiger partial charge is 0.307 e. The summed E-state index contributed by atoms with van der Waals surface area (Å²) in [5, 5.41) is 23.0. The van der Waals surface area contributed by atoms with Gasteiger partial charge in [0.05, 0.1) is 4.92 Å². The molecule has 1 heterocycles. The third-order valence-electron chi connectivity index (χ3n) is 1.47. The Kier molecular flexibility index (Phi) is 2.39. The van der Waals surface area contributed by atoms with Crippen LogP contribution in [-0.4, -0.2) is 19.8 Å². The zero-order valence-electron chi connectivity index (χ0n) is 6.54. The van der Waals surface area contributed by atoms with Gasteiger partial charge in [0.2, 0.25) is 0 Å². The van der Waals surface area contributed by atoms with Gasteiger partial charge in [0, 0.05) is 0 Å². The standard InChI is InChI=1S/C6H9N3O3/c1-2-6(10)8-4-5(3-7-8)9(11)12/h3-4,6,10H,2H2,1H3. The monoisotopic (exact) mass is 171 g/mol. The van der Waals surface area contributed by atoms with E-state index in [2.05, 4.69) is 5.10 Å². The van der Waals surface area contributed by atoms with E-state index in [1.807, 2.05) is 0 Å². The van der Waals surface area contributed by atoms with Gasteiger partial charge in [0.15, 0.2) is 0 Å². The molecule has 12 heavy (non-hydrogen) atoms. The zero-order chi connectivity index (χ0) is 9.14. The molecule has 0 aromatic carbocycles. The lowest BCUT2D eigenvalue weighted by Crippen LogP contribution is -2.06. The van der Waals surface area contributed by atoms with Gasteiger partial charge in [0.25, 0.3) is 0 Å². The molecule has 1 aromatic rings. The molecule has 1 rings (SSSR count). The summed E-state index contributed by atoms with van der Waals surface area (Å²) in [7, 11) is 0. The van der Waals surface area contributed by atoms with Crippen molar-refractivity contribution in [1.29, 1.82) is 0 Å². The van der Waals surface area contributed by atoms with Crippen LogP contribution in [0.15, 0.2) is 12.4 Å². The van der Waals surface area contributed by atoms with Crippen LogP contribution >= 0.6 is 0 Å². The molecule has 0 saturated heterocycles. The average Bonchev–Trinajstić information content (AvgIpc) is 2.51. The molecular weight excluding hydrogens is 162 g/mol. The molecule has 0 amide bonds. The number of hydrogen-bond acceptors (Lipinski definition) is 4. The summed E-state index contributed by atoms with van der Waals surface area (Å²) in [4.78, 5) is 9.65. The summed E-state index contributed by atoms with van der Waals surface area (Å²) in [5.41, 5.74) is -0.109. The van der Waals surface area contributed by atoms with Crippen molar-refractivity contribution in [3.63, 3.8) is 0 Å². The maximum Gasteiger partial charge on any atom is 0.307 e. The topological polar surface area (TPSA) is 81.2 Å². The lowest BCUT2D eigenvalue weighted by molar-refractivity contribution is -0.385. The molecule has 0 saturated carbocycles. The predicted molar refractivity (Wildman–Crippen MR) is 40.4 cm³/mol. The van der Waals surface area contributed by atoms with E-state index >= 15 is 0 Å². The second-order valence-corrected chi connectivity index (χ2v) is 2.32. The van der Waals surface area contributed by atoms with Crippen molar-refractivity contribution < 1.29 is 10.0 Å². The largest absolute Gasteiger partial charge is 0.372 e. The third-order valence-corrected chi connectivity index (χ3v) is 1.47. The Morgan fingerprint density at radius 1 is 1.92 bits per heavy atom. The molecule has 1 atom stereocenters. The maximum atomic E-state index is 10.2. The minimum absolute atomic E-state index is 0.109. The molecule has 1 N–H and O–H groups in total. The lowest BCUT2D eigenvalue weighted by atomic mass is 10.4. The van der Waals surface area contributed by atoms with E-state index in [1.54, 1.807) is 6.92 Å². The molecule has 0 aliphatic heterocycles. The van der Waals surface area contributed by atoms with Crippen molar-refractivity contribution in [2.75, 3.05) is 0 Å². The Balaban J connectivity index is 2.84. The van der Waals surface area contributed by atoms with E-state index in [1.165, 1.54) is 6.20 Å². The summed E-state index contributed by atoms with van der Waals surface area (Å²) in [6.07, 6.45) is 2.00. The minimum Gasteiger partial charge on any atom is -0.372 e. The number of aromatic nitrogens is 2. The number of nitro groups is 1. The van der Waals surface area contributed by atoms with Crippen LogP contribution in [0.5, 0.6) is 0 Å². The number of nitrogens with zero attached hydrogens (tertiary/aromatic N) is 3. The molecule has 1 unspecified atom stereocenters. The van der Waals surface area contributed by atoms with Gasteiger partial charge in [-0.2, -0.15) is 5.10 Å². The predicted octanol–water partition coefficient (Wildman–Crippen LogP) is 0.692. The van der Waals surface area contributed by atoms with E-state index in [9.17, 15) is 15.2 Å². The van der Waals surface area contributed by atoms with Gasteiger partial charge < -0.3 is 5.11 Å². The molecule has 0 aliphatic carbocycles. The average molecular weight is 171 g/mol. The van der Waals surface area contributed by atoms with Gasteiger partial charge in [-0.25, -0.2) is 4.68 Å². The first-order valence-electron chi connectivity index (χ1n) is 3.51. The zero-order valence-corrected chi connectivity index (χ0v) is 6.54. The molecule has 0 fully saturated rings. The lowest BCUT2D eigenvalue weighted by Gasteiger charge is -2.05. The van der Waals surface area contributed by atoms with E-state index in [4.69, 9.17) is 0 Å². The molecule has 0 bridgehead atoms.